The number of allylic oxidation sites excluding steroid dienone is 1. The topological polar surface area (TPSA) is 32.7 Å². The maximum Gasteiger partial charge on any atom is 0.0963 e. The summed E-state index contributed by atoms with van der Waals surface area (Å²) >= 11 is 3.58. The Bertz CT molecular complexity index is 438. The Labute approximate surface area is 129 Å². The molecule has 110 valence electrons. The number of halogens is 1. The van der Waals surface area contributed by atoms with Crippen LogP contribution in [0.2, 0.25) is 0 Å². The lowest BCUT2D eigenvalue weighted by Crippen LogP contribution is -2.42. The van der Waals surface area contributed by atoms with Gasteiger partial charge in [-0.2, -0.15) is 0 Å². The van der Waals surface area contributed by atoms with Gasteiger partial charge in [-0.25, -0.2) is 0 Å². The molecule has 1 N–H and O–H groups in total. The van der Waals surface area contributed by atoms with E-state index in [0.717, 1.165) is 30.4 Å². The molecule has 20 heavy (non-hydrogen) atoms. The lowest BCUT2D eigenvalue weighted by molar-refractivity contribution is -0.0429. The smallest absolute Gasteiger partial charge is 0.0963 e. The van der Waals surface area contributed by atoms with Gasteiger partial charge >= 0.3 is 0 Å². The van der Waals surface area contributed by atoms with E-state index in [9.17, 15) is 5.11 Å². The molecule has 1 aromatic rings. The van der Waals surface area contributed by atoms with Crippen molar-refractivity contribution in [2.24, 2.45) is 0 Å². The quantitative estimate of drug-likeness (QED) is 0.808. The van der Waals surface area contributed by atoms with E-state index in [1.165, 1.54) is 5.56 Å². The van der Waals surface area contributed by atoms with Gasteiger partial charge in [-0.3, -0.25) is 4.90 Å². The van der Waals surface area contributed by atoms with Crippen LogP contribution < -0.4 is 0 Å². The molecule has 1 heterocycles. The fourth-order valence-corrected chi connectivity index (χ4v) is 3.03. The minimum atomic E-state index is -0.286. The molecule has 1 aromatic carbocycles. The van der Waals surface area contributed by atoms with Gasteiger partial charge in [0.25, 0.3) is 0 Å². The molecule has 1 aliphatic rings. The highest BCUT2D eigenvalue weighted by Gasteiger charge is 2.24. The van der Waals surface area contributed by atoms with Gasteiger partial charge in [-0.1, -0.05) is 40.2 Å². The van der Waals surface area contributed by atoms with Gasteiger partial charge in [0.05, 0.1) is 18.8 Å². The summed E-state index contributed by atoms with van der Waals surface area (Å²) in [6, 6.07) is 8.16. The first-order valence-electron chi connectivity index (χ1n) is 7.08. The normalized spacial score (nSPS) is 21.6. The molecule has 0 aliphatic carbocycles. The Morgan fingerprint density at radius 3 is 3.05 bits per heavy atom. The Morgan fingerprint density at radius 1 is 1.50 bits per heavy atom. The number of hydrogen-bond acceptors (Lipinski definition) is 3. The van der Waals surface area contributed by atoms with E-state index < -0.39 is 0 Å². The van der Waals surface area contributed by atoms with Crippen molar-refractivity contribution in [3.8, 4) is 0 Å². The van der Waals surface area contributed by atoms with Gasteiger partial charge in [0.2, 0.25) is 0 Å². The fraction of sp³-hybridized carbons (Fsp3) is 0.500. The first-order chi connectivity index (χ1) is 9.70. The molecule has 2 unspecified atom stereocenters. The van der Waals surface area contributed by atoms with E-state index in [0.29, 0.717) is 13.2 Å². The Hall–Kier alpha value is -0.680. The van der Waals surface area contributed by atoms with Crippen LogP contribution in [0, 0.1) is 0 Å². The second-order valence-electron chi connectivity index (χ2n) is 5.16. The number of aliphatic hydroxyl groups is 1. The van der Waals surface area contributed by atoms with E-state index in [1.807, 2.05) is 24.3 Å². The van der Waals surface area contributed by atoms with Gasteiger partial charge < -0.3 is 9.84 Å². The summed E-state index contributed by atoms with van der Waals surface area (Å²) in [5.41, 5.74) is 1.18. The number of rotatable bonds is 6. The second-order valence-corrected chi connectivity index (χ2v) is 6.01. The number of β-amino-alcohol motifs (C(OH)–C–C–N with tert-alkyl or cyclic N) is 1. The molecule has 0 spiro atoms. The van der Waals surface area contributed by atoms with E-state index >= 15 is 0 Å². The number of benzene rings is 1. The predicted octanol–water partition coefficient (Wildman–Crippen LogP) is 3.15. The minimum absolute atomic E-state index is 0.0749. The first kappa shape index (κ1) is 15.7. The number of morpholine rings is 1. The van der Waals surface area contributed by atoms with Crippen LogP contribution in [0.3, 0.4) is 0 Å². The average molecular weight is 340 g/mol. The monoisotopic (exact) mass is 339 g/mol. The van der Waals surface area contributed by atoms with Crippen LogP contribution in [-0.2, 0) is 4.74 Å². The molecule has 0 bridgehead atoms. The van der Waals surface area contributed by atoms with E-state index in [-0.39, 0.29) is 12.2 Å². The van der Waals surface area contributed by atoms with Gasteiger partial charge in [-0.15, -0.1) is 6.58 Å². The molecule has 4 heteroatoms. The maximum atomic E-state index is 10.0. The lowest BCUT2D eigenvalue weighted by atomic mass is 10.1. The third kappa shape index (κ3) is 4.42. The molecule has 1 aliphatic heterocycles. The van der Waals surface area contributed by atoms with Crippen molar-refractivity contribution in [3.05, 3.63) is 47.0 Å². The zero-order chi connectivity index (χ0) is 14.4. The number of ether oxygens (including phenoxy) is 1. The Balaban J connectivity index is 1.92. The highest BCUT2D eigenvalue weighted by atomic mass is 79.9. The molecule has 2 rings (SSSR count). The Kier molecular flexibility index (Phi) is 6.23. The van der Waals surface area contributed by atoms with Crippen molar-refractivity contribution < 1.29 is 9.84 Å². The first-order valence-corrected chi connectivity index (χ1v) is 7.87. The van der Waals surface area contributed by atoms with Crippen molar-refractivity contribution in [3.63, 3.8) is 0 Å². The predicted molar refractivity (Wildman–Crippen MR) is 84.7 cm³/mol. The van der Waals surface area contributed by atoms with Gasteiger partial charge in [0.1, 0.15) is 0 Å². The number of aliphatic hydroxyl groups excluding tert-OH is 1. The van der Waals surface area contributed by atoms with Crippen LogP contribution >= 0.6 is 15.9 Å². The third-order valence-corrected chi connectivity index (χ3v) is 4.30. The van der Waals surface area contributed by atoms with E-state index in [1.54, 1.807) is 0 Å². The van der Waals surface area contributed by atoms with E-state index in [2.05, 4.69) is 33.5 Å². The molecule has 3 nitrogen and oxygen atoms in total. The zero-order valence-electron chi connectivity index (χ0n) is 11.7. The SMILES string of the molecule is C=CCCC(O)CN1CCOC(c2ccccc2Br)C1. The molecular weight excluding hydrogens is 318 g/mol. The van der Waals surface area contributed by atoms with Gasteiger partial charge in [-0.05, 0) is 24.5 Å². The fourth-order valence-electron chi connectivity index (χ4n) is 2.49. The molecule has 0 aromatic heterocycles. The lowest BCUT2D eigenvalue weighted by Gasteiger charge is -2.34. The van der Waals surface area contributed by atoms with Gasteiger partial charge in [0, 0.05) is 24.1 Å². The summed E-state index contributed by atoms with van der Waals surface area (Å²) in [5, 5.41) is 10.0. The zero-order valence-corrected chi connectivity index (χ0v) is 13.3. The van der Waals surface area contributed by atoms with Crippen molar-refractivity contribution in [2.45, 2.75) is 25.0 Å². The number of hydrogen-bond donors (Lipinski definition) is 1. The summed E-state index contributed by atoms with van der Waals surface area (Å²) in [6.07, 6.45) is 3.28. The molecule has 0 radical (unpaired) electrons. The molecule has 0 amide bonds. The van der Waals surface area contributed by atoms with Crippen LogP contribution in [-0.4, -0.2) is 42.4 Å². The second kappa shape index (κ2) is 7.93. The van der Waals surface area contributed by atoms with Crippen LogP contribution in [0.1, 0.15) is 24.5 Å². The summed E-state index contributed by atoms with van der Waals surface area (Å²) in [5.74, 6) is 0. The van der Waals surface area contributed by atoms with Crippen LogP contribution in [0.4, 0.5) is 0 Å². The van der Waals surface area contributed by atoms with Crippen molar-refractivity contribution in [2.75, 3.05) is 26.2 Å². The molecular formula is C16H22BrNO2. The van der Waals surface area contributed by atoms with Crippen LogP contribution in [0.15, 0.2) is 41.4 Å². The standard InChI is InChI=1S/C16H22BrNO2/c1-2-3-6-13(19)11-18-9-10-20-16(12-18)14-7-4-5-8-15(14)17/h2,4-5,7-8,13,16,19H,1,3,6,9-12H2. The van der Waals surface area contributed by atoms with Crippen molar-refractivity contribution in [1.29, 1.82) is 0 Å². The molecule has 1 fully saturated rings. The summed E-state index contributed by atoms with van der Waals surface area (Å²) in [7, 11) is 0. The molecule has 2 atom stereocenters. The summed E-state index contributed by atoms with van der Waals surface area (Å²) in [4.78, 5) is 2.28. The van der Waals surface area contributed by atoms with Gasteiger partial charge in [0.15, 0.2) is 0 Å². The van der Waals surface area contributed by atoms with E-state index in [4.69, 9.17) is 4.74 Å². The Morgan fingerprint density at radius 2 is 2.30 bits per heavy atom. The summed E-state index contributed by atoms with van der Waals surface area (Å²) in [6.45, 7) is 6.81. The van der Waals surface area contributed by atoms with Crippen LogP contribution in [0.5, 0.6) is 0 Å². The highest BCUT2D eigenvalue weighted by Crippen LogP contribution is 2.28. The highest BCUT2D eigenvalue weighted by molar-refractivity contribution is 9.10. The third-order valence-electron chi connectivity index (χ3n) is 3.58. The average Bonchev–Trinajstić information content (AvgIpc) is 2.46. The minimum Gasteiger partial charge on any atom is -0.392 e. The van der Waals surface area contributed by atoms with Crippen LogP contribution in [0.25, 0.3) is 0 Å². The molecule has 1 saturated heterocycles. The summed E-state index contributed by atoms with van der Waals surface area (Å²) < 4.78 is 6.95. The number of nitrogens with zero attached hydrogens (tertiary/aromatic N) is 1. The molecule has 0 saturated carbocycles. The maximum absolute atomic E-state index is 10.0. The van der Waals surface area contributed by atoms with Crippen molar-refractivity contribution in [1.82, 2.24) is 4.90 Å². The largest absolute Gasteiger partial charge is 0.392 e. The van der Waals surface area contributed by atoms with Crippen molar-refractivity contribution >= 4 is 15.9 Å².